The molecule has 0 aliphatic carbocycles. The van der Waals surface area contributed by atoms with Gasteiger partial charge in [-0.15, -0.1) is 0 Å². The fourth-order valence-corrected chi connectivity index (χ4v) is 5.08. The van der Waals surface area contributed by atoms with Gasteiger partial charge in [-0.25, -0.2) is 19.2 Å². The van der Waals surface area contributed by atoms with Gasteiger partial charge in [0.15, 0.2) is 75.1 Å². The lowest BCUT2D eigenvalue weighted by molar-refractivity contribution is -0.238. The Labute approximate surface area is 305 Å². The molecule has 12 N–H and O–H groups in total. The lowest BCUT2D eigenvalue weighted by atomic mass is 10.0. The summed E-state index contributed by atoms with van der Waals surface area (Å²) >= 11 is 0. The SMILES string of the molecule is O=C(OC[C@H]1O[C@@H](OC(=O)c2cc(O)c(O)c(O)c2)C[C@@H](OC(=O)c2cc(O)c(O)c(O)c2)C1OC(=O)c1cc(O)c(O)c(O)c1)c1cc(O)c(O)c(O)c1. The average Bonchev–Trinajstić information content (AvgIpc) is 3.12. The molecule has 1 aliphatic heterocycles. The first-order valence-electron chi connectivity index (χ1n) is 15.3. The van der Waals surface area contributed by atoms with Gasteiger partial charge in [-0.1, -0.05) is 0 Å². The Hall–Kier alpha value is -7.68. The van der Waals surface area contributed by atoms with Crippen molar-refractivity contribution in [1.29, 1.82) is 0 Å². The molecule has 0 spiro atoms. The second-order valence-electron chi connectivity index (χ2n) is 11.6. The van der Waals surface area contributed by atoms with Crippen LogP contribution >= 0.6 is 0 Å². The normalized spacial score (nSPS) is 17.8. The van der Waals surface area contributed by atoms with Crippen LogP contribution in [0, 0.1) is 0 Å². The maximum atomic E-state index is 13.3. The highest BCUT2D eigenvalue weighted by atomic mass is 16.7. The van der Waals surface area contributed by atoms with Crippen molar-refractivity contribution >= 4 is 23.9 Å². The zero-order valence-corrected chi connectivity index (χ0v) is 27.4. The Bertz CT molecular complexity index is 2100. The van der Waals surface area contributed by atoms with E-state index in [1.165, 1.54) is 0 Å². The number of phenolic OH excluding ortho intramolecular Hbond substituents is 12. The number of carbonyl (C=O) groups is 4. The molecule has 4 aromatic carbocycles. The molecule has 1 unspecified atom stereocenters. The first kappa shape index (κ1) is 38.5. The molecule has 0 aromatic heterocycles. The summed E-state index contributed by atoms with van der Waals surface area (Å²) in [4.78, 5) is 52.7. The predicted octanol–water partition coefficient (Wildman–Crippen LogP) is 1.73. The molecule has 1 saturated heterocycles. The zero-order chi connectivity index (χ0) is 40.5. The molecule has 55 heavy (non-hydrogen) atoms. The van der Waals surface area contributed by atoms with Crippen molar-refractivity contribution in [2.45, 2.75) is 31.0 Å². The summed E-state index contributed by atoms with van der Waals surface area (Å²) in [5.74, 6) is -16.9. The summed E-state index contributed by atoms with van der Waals surface area (Å²) in [6, 6.07) is 5.55. The number of benzene rings is 4. The predicted molar refractivity (Wildman–Crippen MR) is 173 cm³/mol. The smallest absolute Gasteiger partial charge is 0.340 e. The number of hydrogen-bond donors (Lipinski definition) is 12. The summed E-state index contributed by atoms with van der Waals surface area (Å²) in [6.45, 7) is -0.991. The molecule has 1 heterocycles. The number of rotatable bonds is 9. The van der Waals surface area contributed by atoms with Crippen molar-refractivity contribution in [2.75, 3.05) is 6.61 Å². The molecule has 0 amide bonds. The van der Waals surface area contributed by atoms with Gasteiger partial charge in [-0.2, -0.15) is 0 Å². The topological polar surface area (TPSA) is 357 Å². The van der Waals surface area contributed by atoms with E-state index in [0.29, 0.717) is 48.5 Å². The number of hydrogen-bond acceptors (Lipinski definition) is 21. The maximum absolute atomic E-state index is 13.3. The van der Waals surface area contributed by atoms with Gasteiger partial charge in [0.1, 0.15) is 18.8 Å². The Morgan fingerprint density at radius 2 is 0.782 bits per heavy atom. The summed E-state index contributed by atoms with van der Waals surface area (Å²) in [5.41, 5.74) is -2.26. The maximum Gasteiger partial charge on any atom is 0.340 e. The third kappa shape index (κ3) is 8.20. The van der Waals surface area contributed by atoms with Gasteiger partial charge in [0.25, 0.3) is 0 Å². The summed E-state index contributed by atoms with van der Waals surface area (Å²) in [6.07, 6.45) is -8.11. The van der Waals surface area contributed by atoms with Gasteiger partial charge in [0.2, 0.25) is 6.29 Å². The minimum atomic E-state index is -1.90. The highest BCUT2D eigenvalue weighted by Gasteiger charge is 2.46. The molecule has 4 aromatic rings. The van der Waals surface area contributed by atoms with E-state index >= 15 is 0 Å². The number of phenols is 12. The van der Waals surface area contributed by atoms with Crippen molar-refractivity contribution in [2.24, 2.45) is 0 Å². The lowest BCUT2D eigenvalue weighted by Crippen LogP contribution is -2.54. The summed E-state index contributed by atoms with van der Waals surface area (Å²) < 4.78 is 27.3. The molecule has 4 atom stereocenters. The van der Waals surface area contributed by atoms with Crippen molar-refractivity contribution in [3.05, 3.63) is 70.8 Å². The number of aromatic hydroxyl groups is 12. The second kappa shape index (κ2) is 15.1. The third-order valence-corrected chi connectivity index (χ3v) is 7.82. The molecule has 0 bridgehead atoms. The average molecular weight is 773 g/mol. The van der Waals surface area contributed by atoms with Gasteiger partial charge in [0, 0.05) is 0 Å². The molecule has 290 valence electrons. The molecule has 0 saturated carbocycles. The Morgan fingerprint density at radius 3 is 1.15 bits per heavy atom. The van der Waals surface area contributed by atoms with E-state index < -0.39 is 153 Å². The van der Waals surface area contributed by atoms with E-state index in [-0.39, 0.29) is 0 Å². The molecule has 1 aliphatic rings. The summed E-state index contributed by atoms with van der Waals surface area (Å²) in [7, 11) is 0. The third-order valence-electron chi connectivity index (χ3n) is 7.82. The van der Waals surface area contributed by atoms with E-state index in [4.69, 9.17) is 23.7 Å². The van der Waals surface area contributed by atoms with Gasteiger partial charge in [-0.3, -0.25) is 0 Å². The van der Waals surface area contributed by atoms with Crippen LogP contribution in [0.1, 0.15) is 47.9 Å². The van der Waals surface area contributed by atoms with Crippen LogP contribution in [0.25, 0.3) is 0 Å². The highest BCUT2D eigenvalue weighted by molar-refractivity contribution is 5.93. The molecular weight excluding hydrogens is 744 g/mol. The lowest BCUT2D eigenvalue weighted by Gasteiger charge is -2.39. The van der Waals surface area contributed by atoms with Crippen LogP contribution in [0.15, 0.2) is 48.5 Å². The molecule has 21 nitrogen and oxygen atoms in total. The molecule has 1 fully saturated rings. The van der Waals surface area contributed by atoms with E-state index in [2.05, 4.69) is 0 Å². The Morgan fingerprint density at radius 1 is 0.473 bits per heavy atom. The monoisotopic (exact) mass is 772 g/mol. The molecule has 5 rings (SSSR count). The van der Waals surface area contributed by atoms with Gasteiger partial charge in [-0.05, 0) is 48.5 Å². The van der Waals surface area contributed by atoms with E-state index in [1.807, 2.05) is 0 Å². The van der Waals surface area contributed by atoms with Gasteiger partial charge in [0.05, 0.1) is 28.7 Å². The fourth-order valence-electron chi connectivity index (χ4n) is 5.08. The van der Waals surface area contributed by atoms with Crippen molar-refractivity contribution in [1.82, 2.24) is 0 Å². The van der Waals surface area contributed by atoms with Crippen LogP contribution in [0.2, 0.25) is 0 Å². The van der Waals surface area contributed by atoms with Gasteiger partial charge < -0.3 is 85.0 Å². The molecule has 21 heteroatoms. The first-order chi connectivity index (χ1) is 25.8. The van der Waals surface area contributed by atoms with Crippen LogP contribution in [0.5, 0.6) is 69.0 Å². The largest absolute Gasteiger partial charge is 0.504 e. The van der Waals surface area contributed by atoms with Crippen molar-refractivity contribution in [3.8, 4) is 69.0 Å². The summed E-state index contributed by atoms with van der Waals surface area (Å²) in [5, 5.41) is 118. The standard InChI is InChI=1S/C34H28O21/c35-15-1-11(2-16(36)26(15)43)31(47)51-10-24-30(55-34(50)14-7-21(41)29(46)22(42)8-14)23(53-32(48)12-3-17(37)27(44)18(38)4-12)9-25(52-24)54-33(49)13-5-19(39)28(45)20(40)6-13/h1-8,23-25,30,35-46H,9-10H2/t23-,24-,25+,30?/m1/s1. The van der Waals surface area contributed by atoms with Crippen molar-refractivity contribution in [3.63, 3.8) is 0 Å². The van der Waals surface area contributed by atoms with Crippen LogP contribution in [0.4, 0.5) is 0 Å². The minimum Gasteiger partial charge on any atom is -0.504 e. The number of ether oxygens (including phenoxy) is 5. The second-order valence-corrected chi connectivity index (χ2v) is 11.6. The quantitative estimate of drug-likeness (QED) is 0.0654. The number of carbonyl (C=O) groups excluding carboxylic acids is 4. The Kier molecular flexibility index (Phi) is 10.6. The van der Waals surface area contributed by atoms with Crippen LogP contribution in [0.3, 0.4) is 0 Å². The van der Waals surface area contributed by atoms with Gasteiger partial charge >= 0.3 is 23.9 Å². The van der Waals surface area contributed by atoms with Crippen LogP contribution in [-0.2, 0) is 23.7 Å². The van der Waals surface area contributed by atoms with Crippen LogP contribution in [-0.4, -0.2) is 116 Å². The van der Waals surface area contributed by atoms with E-state index in [1.54, 1.807) is 0 Å². The molecular formula is C34H28O21. The number of esters is 4. The van der Waals surface area contributed by atoms with E-state index in [0.717, 1.165) is 0 Å². The Balaban J connectivity index is 1.52. The van der Waals surface area contributed by atoms with Crippen molar-refractivity contribution < 1.29 is 104 Å². The van der Waals surface area contributed by atoms with Crippen LogP contribution < -0.4 is 0 Å². The van der Waals surface area contributed by atoms with E-state index in [9.17, 15) is 80.5 Å². The first-order valence-corrected chi connectivity index (χ1v) is 15.3. The zero-order valence-electron chi connectivity index (χ0n) is 27.4. The minimum absolute atomic E-state index is 0.531. The molecule has 0 radical (unpaired) electrons. The fraction of sp³-hybridized carbons (Fsp3) is 0.176. The highest BCUT2D eigenvalue weighted by Crippen LogP contribution is 2.40.